The second-order valence-corrected chi connectivity index (χ2v) is 7.18. The number of hydrogen-bond acceptors (Lipinski definition) is 5. The summed E-state index contributed by atoms with van der Waals surface area (Å²) in [6.07, 6.45) is 0. The van der Waals surface area contributed by atoms with Crippen LogP contribution in [0.25, 0.3) is 0 Å². The van der Waals surface area contributed by atoms with Crippen LogP contribution in [0.2, 0.25) is 0 Å². The smallest absolute Gasteiger partial charge is 0.173 e. The van der Waals surface area contributed by atoms with Gasteiger partial charge in [-0.2, -0.15) is 0 Å². The van der Waals surface area contributed by atoms with Crippen molar-refractivity contribution in [2.45, 2.75) is 26.1 Å². The van der Waals surface area contributed by atoms with Crippen molar-refractivity contribution < 1.29 is 4.74 Å². The first-order valence-corrected chi connectivity index (χ1v) is 9.51. The van der Waals surface area contributed by atoms with Crippen LogP contribution in [0.4, 0.5) is 0 Å². The van der Waals surface area contributed by atoms with Gasteiger partial charge in [0, 0.05) is 17.6 Å². The fourth-order valence-corrected chi connectivity index (χ4v) is 3.84. The molecule has 0 aliphatic carbocycles. The number of ether oxygens (including phenoxy) is 1. The van der Waals surface area contributed by atoms with Crippen LogP contribution in [0.1, 0.15) is 29.9 Å². The number of halogens is 1. The molecule has 3 aromatic rings. The molecule has 1 unspecified atom stereocenters. The molecule has 1 aliphatic rings. The minimum Gasteiger partial charge on any atom is -0.494 e. The number of aromatic nitrogens is 4. The summed E-state index contributed by atoms with van der Waals surface area (Å²) in [6, 6.07) is 16.7. The molecule has 1 aliphatic heterocycles. The van der Waals surface area contributed by atoms with Crippen molar-refractivity contribution in [3.05, 3.63) is 70.0 Å². The predicted octanol–water partition coefficient (Wildman–Crippen LogP) is 3.44. The molecule has 7 heteroatoms. The molecule has 0 spiro atoms. The Morgan fingerprint density at radius 3 is 2.77 bits per heavy atom. The fourth-order valence-electron chi connectivity index (χ4n) is 3.40. The highest BCUT2D eigenvalue weighted by Crippen LogP contribution is 2.32. The molecule has 2 heterocycles. The van der Waals surface area contributed by atoms with Crippen LogP contribution in [0.5, 0.6) is 5.75 Å². The van der Waals surface area contributed by atoms with Gasteiger partial charge in [0.1, 0.15) is 5.75 Å². The molecular formula is C19H20BrN5O. The van der Waals surface area contributed by atoms with Crippen LogP contribution >= 0.6 is 15.9 Å². The zero-order valence-electron chi connectivity index (χ0n) is 14.5. The zero-order chi connectivity index (χ0) is 17.9. The zero-order valence-corrected chi connectivity index (χ0v) is 16.1. The fraction of sp³-hybridized carbons (Fsp3) is 0.316. The molecule has 0 fully saturated rings. The van der Waals surface area contributed by atoms with E-state index in [9.17, 15) is 0 Å². The van der Waals surface area contributed by atoms with Crippen LogP contribution in [-0.2, 0) is 13.1 Å². The first kappa shape index (κ1) is 17.2. The Morgan fingerprint density at radius 1 is 1.15 bits per heavy atom. The molecule has 0 saturated carbocycles. The van der Waals surface area contributed by atoms with Gasteiger partial charge in [0.15, 0.2) is 5.82 Å². The van der Waals surface area contributed by atoms with E-state index in [1.807, 2.05) is 29.8 Å². The Hall–Kier alpha value is -2.25. The third-order valence-corrected chi connectivity index (χ3v) is 5.04. The van der Waals surface area contributed by atoms with E-state index < -0.39 is 0 Å². The van der Waals surface area contributed by atoms with E-state index in [4.69, 9.17) is 4.74 Å². The number of fused-ring (bicyclic) bond motifs is 1. The Balaban J connectivity index is 1.66. The summed E-state index contributed by atoms with van der Waals surface area (Å²) in [5, 5.41) is 12.3. The van der Waals surface area contributed by atoms with Crippen LogP contribution in [0, 0.1) is 0 Å². The Morgan fingerprint density at radius 2 is 2.00 bits per heavy atom. The Labute approximate surface area is 160 Å². The summed E-state index contributed by atoms with van der Waals surface area (Å²) in [4.78, 5) is 2.42. The Bertz CT molecular complexity index is 880. The normalized spacial score (nSPS) is 17.1. The van der Waals surface area contributed by atoms with Gasteiger partial charge in [-0.1, -0.05) is 40.2 Å². The van der Waals surface area contributed by atoms with Gasteiger partial charge < -0.3 is 4.74 Å². The van der Waals surface area contributed by atoms with Gasteiger partial charge in [-0.05, 0) is 52.7 Å². The van der Waals surface area contributed by atoms with E-state index >= 15 is 0 Å². The van der Waals surface area contributed by atoms with Crippen LogP contribution in [0.15, 0.2) is 53.0 Å². The highest BCUT2D eigenvalue weighted by Gasteiger charge is 2.31. The molecule has 6 nitrogen and oxygen atoms in total. The molecule has 1 atom stereocenters. The summed E-state index contributed by atoms with van der Waals surface area (Å²) in [5.41, 5.74) is 2.43. The van der Waals surface area contributed by atoms with Crippen molar-refractivity contribution in [1.29, 1.82) is 0 Å². The number of hydrogen-bond donors (Lipinski definition) is 0. The predicted molar refractivity (Wildman–Crippen MR) is 102 cm³/mol. The second-order valence-electron chi connectivity index (χ2n) is 6.27. The van der Waals surface area contributed by atoms with Gasteiger partial charge in [-0.25, -0.2) is 4.68 Å². The lowest BCUT2D eigenvalue weighted by Gasteiger charge is -2.35. The molecule has 0 radical (unpaired) electrons. The van der Waals surface area contributed by atoms with E-state index in [1.165, 1.54) is 11.1 Å². The third kappa shape index (κ3) is 3.50. The van der Waals surface area contributed by atoms with E-state index in [-0.39, 0.29) is 6.04 Å². The van der Waals surface area contributed by atoms with Gasteiger partial charge in [-0.15, -0.1) is 5.10 Å². The van der Waals surface area contributed by atoms with Gasteiger partial charge in [-0.3, -0.25) is 4.90 Å². The maximum Gasteiger partial charge on any atom is 0.173 e. The minimum atomic E-state index is 0.0217. The molecule has 134 valence electrons. The molecule has 26 heavy (non-hydrogen) atoms. The van der Waals surface area contributed by atoms with Crippen molar-refractivity contribution in [3.8, 4) is 5.75 Å². The van der Waals surface area contributed by atoms with E-state index in [0.717, 1.165) is 35.7 Å². The highest BCUT2D eigenvalue weighted by atomic mass is 79.9. The average Bonchev–Trinajstić information content (AvgIpc) is 3.11. The van der Waals surface area contributed by atoms with Crippen molar-refractivity contribution in [3.63, 3.8) is 0 Å². The summed E-state index contributed by atoms with van der Waals surface area (Å²) in [7, 11) is 0. The monoisotopic (exact) mass is 413 g/mol. The lowest BCUT2D eigenvalue weighted by molar-refractivity contribution is 0.164. The highest BCUT2D eigenvalue weighted by molar-refractivity contribution is 9.10. The number of nitrogens with zero attached hydrogens (tertiary/aromatic N) is 5. The van der Waals surface area contributed by atoms with Crippen molar-refractivity contribution >= 4 is 15.9 Å². The van der Waals surface area contributed by atoms with Crippen LogP contribution < -0.4 is 4.74 Å². The number of benzene rings is 2. The molecule has 0 amide bonds. The van der Waals surface area contributed by atoms with E-state index in [0.29, 0.717) is 6.61 Å². The molecular weight excluding hydrogens is 394 g/mol. The molecule has 0 N–H and O–H groups in total. The maximum atomic E-state index is 5.57. The lowest BCUT2D eigenvalue weighted by atomic mass is 10.0. The molecule has 0 saturated heterocycles. The first-order valence-electron chi connectivity index (χ1n) is 8.72. The van der Waals surface area contributed by atoms with Crippen molar-refractivity contribution in [2.75, 3.05) is 13.2 Å². The summed E-state index contributed by atoms with van der Waals surface area (Å²) < 4.78 is 8.57. The summed E-state index contributed by atoms with van der Waals surface area (Å²) in [6.45, 7) is 5.18. The van der Waals surface area contributed by atoms with Gasteiger partial charge in [0.2, 0.25) is 0 Å². The molecule has 1 aromatic heterocycles. The largest absolute Gasteiger partial charge is 0.494 e. The average molecular weight is 414 g/mol. The van der Waals surface area contributed by atoms with E-state index in [1.54, 1.807) is 0 Å². The third-order valence-electron chi connectivity index (χ3n) is 4.55. The van der Waals surface area contributed by atoms with E-state index in [2.05, 4.69) is 66.7 Å². The van der Waals surface area contributed by atoms with Crippen LogP contribution in [-0.4, -0.2) is 38.3 Å². The lowest BCUT2D eigenvalue weighted by Crippen LogP contribution is -2.38. The topological polar surface area (TPSA) is 56.1 Å². The van der Waals surface area contributed by atoms with Crippen LogP contribution in [0.3, 0.4) is 0 Å². The first-order chi connectivity index (χ1) is 12.7. The summed E-state index contributed by atoms with van der Waals surface area (Å²) >= 11 is 3.56. The minimum absolute atomic E-state index is 0.0217. The van der Waals surface area contributed by atoms with Gasteiger partial charge in [0.25, 0.3) is 0 Å². The Kier molecular flexibility index (Phi) is 4.99. The van der Waals surface area contributed by atoms with Gasteiger partial charge >= 0.3 is 0 Å². The summed E-state index contributed by atoms with van der Waals surface area (Å²) in [5.74, 6) is 1.76. The molecule has 2 aromatic carbocycles. The standard InChI is InChI=1S/C19H20BrN5O/c1-2-26-17-8-6-15(7-9-17)18-19-21-22-23-25(19)11-10-24(18)13-14-4-3-5-16(20)12-14/h3-9,12,18H,2,10-11,13H2,1H3. The van der Waals surface area contributed by atoms with Gasteiger partial charge in [0.05, 0.1) is 19.2 Å². The van der Waals surface area contributed by atoms with Crippen molar-refractivity contribution in [1.82, 2.24) is 25.1 Å². The molecule has 0 bridgehead atoms. The molecule has 4 rings (SSSR count). The second kappa shape index (κ2) is 7.55. The number of rotatable bonds is 5. The number of tetrazole rings is 1. The SMILES string of the molecule is CCOc1ccc(C2c3nnnn3CCN2Cc2cccc(Br)c2)cc1. The maximum absolute atomic E-state index is 5.57. The van der Waals surface area contributed by atoms with Crippen molar-refractivity contribution in [2.24, 2.45) is 0 Å². The quantitative estimate of drug-likeness (QED) is 0.640.